The van der Waals surface area contributed by atoms with Crippen molar-refractivity contribution < 1.29 is 14.7 Å². The van der Waals surface area contributed by atoms with E-state index in [1.807, 2.05) is 35.2 Å². The van der Waals surface area contributed by atoms with Gasteiger partial charge < -0.3 is 15.0 Å². The lowest BCUT2D eigenvalue weighted by atomic mass is 9.89. The maximum atomic E-state index is 12.7. The van der Waals surface area contributed by atoms with Crippen molar-refractivity contribution in [2.45, 2.75) is 31.6 Å². The van der Waals surface area contributed by atoms with Gasteiger partial charge in [-0.1, -0.05) is 24.3 Å². The second-order valence-electron chi connectivity index (χ2n) is 7.31. The molecule has 2 N–H and O–H groups in total. The fourth-order valence-corrected chi connectivity index (χ4v) is 3.91. The van der Waals surface area contributed by atoms with Crippen LogP contribution in [0.2, 0.25) is 0 Å². The number of piperidine rings is 1. The summed E-state index contributed by atoms with van der Waals surface area (Å²) in [4.78, 5) is 33.7. The van der Waals surface area contributed by atoms with Crippen molar-refractivity contribution >= 4 is 22.9 Å². The predicted octanol–water partition coefficient (Wildman–Crippen LogP) is 3.60. The topological polar surface area (TPSA) is 86.3 Å². The number of imidazole rings is 1. The number of para-hydroxylation sites is 2. The molecule has 0 radical (unpaired) electrons. The van der Waals surface area contributed by atoms with Gasteiger partial charge in [-0.05, 0) is 42.7 Å². The lowest BCUT2D eigenvalue weighted by molar-refractivity contribution is -0.132. The van der Waals surface area contributed by atoms with Gasteiger partial charge in [-0.3, -0.25) is 4.79 Å². The molecule has 6 heteroatoms. The first kappa shape index (κ1) is 18.2. The second kappa shape index (κ2) is 7.84. The van der Waals surface area contributed by atoms with E-state index in [-0.39, 0.29) is 11.8 Å². The number of carboxylic acids is 1. The quantitative estimate of drug-likeness (QED) is 0.711. The van der Waals surface area contributed by atoms with Crippen LogP contribution in [0.5, 0.6) is 0 Å². The molecule has 0 spiro atoms. The van der Waals surface area contributed by atoms with Crippen molar-refractivity contribution in [2.24, 2.45) is 0 Å². The number of benzene rings is 2. The number of fused-ring (bicyclic) bond motifs is 1. The number of aromatic nitrogens is 2. The van der Waals surface area contributed by atoms with Crippen molar-refractivity contribution in [2.75, 3.05) is 13.1 Å². The number of nitrogens with zero attached hydrogens (tertiary/aromatic N) is 2. The van der Waals surface area contributed by atoms with Crippen LogP contribution < -0.4 is 0 Å². The van der Waals surface area contributed by atoms with E-state index in [4.69, 9.17) is 0 Å². The highest BCUT2D eigenvalue weighted by molar-refractivity contribution is 5.87. The van der Waals surface area contributed by atoms with Crippen molar-refractivity contribution in [1.29, 1.82) is 0 Å². The number of rotatable bonds is 5. The highest BCUT2D eigenvalue weighted by Gasteiger charge is 2.25. The minimum Gasteiger partial charge on any atom is -0.478 e. The summed E-state index contributed by atoms with van der Waals surface area (Å²) < 4.78 is 0. The Morgan fingerprint density at radius 2 is 2.04 bits per heavy atom. The zero-order chi connectivity index (χ0) is 19.5. The largest absolute Gasteiger partial charge is 0.478 e. The molecule has 6 nitrogen and oxygen atoms in total. The highest BCUT2D eigenvalue weighted by atomic mass is 16.4. The summed E-state index contributed by atoms with van der Waals surface area (Å²) in [5.41, 5.74) is 3.20. The van der Waals surface area contributed by atoms with Crippen LogP contribution in [0.3, 0.4) is 0 Å². The van der Waals surface area contributed by atoms with Crippen LogP contribution in [-0.4, -0.2) is 44.9 Å². The van der Waals surface area contributed by atoms with Gasteiger partial charge in [-0.15, -0.1) is 0 Å². The number of aromatic carboxylic acids is 1. The minimum absolute atomic E-state index is 0.125. The summed E-state index contributed by atoms with van der Waals surface area (Å²) >= 11 is 0. The van der Waals surface area contributed by atoms with Crippen LogP contribution in [0.1, 0.15) is 46.9 Å². The van der Waals surface area contributed by atoms with Crippen LogP contribution in [-0.2, 0) is 11.2 Å². The number of H-pyrrole nitrogens is 1. The lowest BCUT2D eigenvalue weighted by Gasteiger charge is -2.33. The number of aryl methyl sites for hydroxylation is 1. The summed E-state index contributed by atoms with van der Waals surface area (Å²) in [6.45, 7) is 1.40. The van der Waals surface area contributed by atoms with Crippen LogP contribution in [0.4, 0.5) is 0 Å². The Balaban J connectivity index is 1.39. The summed E-state index contributed by atoms with van der Waals surface area (Å²) in [5.74, 6) is 0.219. The third-order valence-electron chi connectivity index (χ3n) is 5.39. The Labute approximate surface area is 163 Å². The Morgan fingerprint density at radius 1 is 1.18 bits per heavy atom. The molecule has 4 rings (SSSR count). The third-order valence-corrected chi connectivity index (χ3v) is 5.39. The molecule has 1 saturated heterocycles. The predicted molar refractivity (Wildman–Crippen MR) is 106 cm³/mol. The van der Waals surface area contributed by atoms with Gasteiger partial charge >= 0.3 is 5.97 Å². The molecule has 1 aliphatic rings. The van der Waals surface area contributed by atoms with E-state index >= 15 is 0 Å². The van der Waals surface area contributed by atoms with Crippen molar-refractivity contribution in [3.05, 3.63) is 65.5 Å². The number of carboxylic acid groups (broad SMARTS) is 1. The number of carbonyl (C=O) groups excluding carboxylic acids is 1. The smallest absolute Gasteiger partial charge is 0.335 e. The molecule has 144 valence electrons. The molecule has 1 aliphatic heterocycles. The molecular weight excluding hydrogens is 354 g/mol. The van der Waals surface area contributed by atoms with E-state index < -0.39 is 5.97 Å². The fourth-order valence-electron chi connectivity index (χ4n) is 3.91. The van der Waals surface area contributed by atoms with E-state index in [2.05, 4.69) is 9.97 Å². The Kier molecular flexibility index (Phi) is 5.10. The molecule has 1 atom stereocenters. The number of aromatic amines is 1. The molecule has 2 aromatic carbocycles. The first-order valence-corrected chi connectivity index (χ1v) is 9.65. The van der Waals surface area contributed by atoms with Crippen molar-refractivity contribution in [3.63, 3.8) is 0 Å². The summed E-state index contributed by atoms with van der Waals surface area (Å²) in [6.07, 6.45) is 2.90. The van der Waals surface area contributed by atoms with Crippen LogP contribution in [0.15, 0.2) is 48.5 Å². The SMILES string of the molecule is O=C(O)c1cccc([C@@H]2CCCN(C(=O)CCc3nc4ccccc4[nH]3)C2)c1. The number of amides is 1. The molecule has 0 bridgehead atoms. The second-order valence-corrected chi connectivity index (χ2v) is 7.31. The molecule has 1 fully saturated rings. The number of nitrogens with one attached hydrogen (secondary N) is 1. The van der Waals surface area contributed by atoms with Gasteiger partial charge in [0.15, 0.2) is 0 Å². The average Bonchev–Trinajstić information content (AvgIpc) is 3.15. The molecule has 0 aliphatic carbocycles. The van der Waals surface area contributed by atoms with Crippen LogP contribution in [0.25, 0.3) is 11.0 Å². The van der Waals surface area contributed by atoms with Crippen LogP contribution >= 0.6 is 0 Å². The molecule has 1 amide bonds. The molecule has 1 aromatic heterocycles. The van der Waals surface area contributed by atoms with E-state index in [0.717, 1.165) is 41.8 Å². The number of hydrogen-bond acceptors (Lipinski definition) is 3. The highest BCUT2D eigenvalue weighted by Crippen LogP contribution is 2.28. The normalized spacial score (nSPS) is 17.0. The monoisotopic (exact) mass is 377 g/mol. The molecular formula is C22H23N3O3. The Hall–Kier alpha value is -3.15. The zero-order valence-corrected chi connectivity index (χ0v) is 15.6. The van der Waals surface area contributed by atoms with E-state index in [1.165, 1.54) is 0 Å². The Morgan fingerprint density at radius 3 is 2.86 bits per heavy atom. The molecule has 2 heterocycles. The number of carbonyl (C=O) groups is 2. The molecule has 0 saturated carbocycles. The van der Waals surface area contributed by atoms with Crippen molar-refractivity contribution in [3.8, 4) is 0 Å². The van der Waals surface area contributed by atoms with Gasteiger partial charge in [0.2, 0.25) is 5.91 Å². The minimum atomic E-state index is -0.920. The van der Waals surface area contributed by atoms with Gasteiger partial charge in [0.25, 0.3) is 0 Å². The summed E-state index contributed by atoms with van der Waals surface area (Å²) in [5, 5.41) is 9.21. The fraction of sp³-hybridized carbons (Fsp3) is 0.318. The lowest BCUT2D eigenvalue weighted by Crippen LogP contribution is -2.39. The zero-order valence-electron chi connectivity index (χ0n) is 15.6. The first-order valence-electron chi connectivity index (χ1n) is 9.65. The third kappa shape index (κ3) is 3.91. The van der Waals surface area contributed by atoms with E-state index in [9.17, 15) is 14.7 Å². The maximum Gasteiger partial charge on any atom is 0.335 e. The van der Waals surface area contributed by atoms with Crippen LogP contribution in [0, 0.1) is 0 Å². The summed E-state index contributed by atoms with van der Waals surface area (Å²) in [7, 11) is 0. The van der Waals surface area contributed by atoms with Gasteiger partial charge in [0.05, 0.1) is 16.6 Å². The van der Waals surface area contributed by atoms with E-state index in [1.54, 1.807) is 18.2 Å². The molecule has 3 aromatic rings. The van der Waals surface area contributed by atoms with Gasteiger partial charge in [0, 0.05) is 31.8 Å². The van der Waals surface area contributed by atoms with Gasteiger partial charge in [0.1, 0.15) is 5.82 Å². The molecule has 0 unspecified atom stereocenters. The maximum absolute atomic E-state index is 12.7. The Bertz CT molecular complexity index is 978. The van der Waals surface area contributed by atoms with Crippen molar-refractivity contribution in [1.82, 2.24) is 14.9 Å². The summed E-state index contributed by atoms with van der Waals surface area (Å²) in [6, 6.07) is 14.9. The average molecular weight is 377 g/mol. The number of hydrogen-bond donors (Lipinski definition) is 2. The van der Waals surface area contributed by atoms with E-state index in [0.29, 0.717) is 24.9 Å². The number of likely N-dealkylation sites (tertiary alicyclic amines) is 1. The van der Waals surface area contributed by atoms with Gasteiger partial charge in [-0.25, -0.2) is 9.78 Å². The van der Waals surface area contributed by atoms with Gasteiger partial charge in [-0.2, -0.15) is 0 Å². The molecule has 28 heavy (non-hydrogen) atoms. The standard InChI is InChI=1S/C22H23N3O3/c26-21(11-10-20-23-18-8-1-2-9-19(18)24-20)25-12-4-7-17(14-25)15-5-3-6-16(13-15)22(27)28/h1-3,5-6,8-9,13,17H,4,7,10-12,14H2,(H,23,24)(H,27,28)/t17-/m1/s1. The first-order chi connectivity index (χ1) is 13.6.